The Morgan fingerprint density at radius 1 is 0.370 bits per heavy atom. The molecule has 0 amide bonds. The van der Waals surface area contributed by atoms with E-state index in [1.165, 1.54) is 82.7 Å². The lowest BCUT2D eigenvalue weighted by Crippen LogP contribution is -2.25. The van der Waals surface area contributed by atoms with Crippen molar-refractivity contribution in [2.24, 2.45) is 0 Å². The molecule has 0 saturated carbocycles. The molecule has 2 aliphatic carbocycles. The van der Waals surface area contributed by atoms with Crippen LogP contribution >= 0.6 is 0 Å². The van der Waals surface area contributed by atoms with E-state index >= 15 is 0 Å². The van der Waals surface area contributed by atoms with Gasteiger partial charge in [-0.1, -0.05) is 127 Å². The number of fused-ring (bicyclic) bond motifs is 14. The topological polar surface area (TPSA) is 9.23 Å². The maximum atomic E-state index is 6.35. The molecule has 0 bridgehead atoms. The fraction of sp³-hybridized carbons (Fsp3) is 0.0222. The molecule has 11 rings (SSSR count). The molecular weight excluding hydrogens is 556 g/mol. The molecule has 1 heterocycles. The van der Waals surface area contributed by atoms with Gasteiger partial charge in [0.2, 0.25) is 0 Å². The summed E-state index contributed by atoms with van der Waals surface area (Å²) >= 11 is 0. The van der Waals surface area contributed by atoms with Gasteiger partial charge in [-0.25, -0.2) is 0 Å². The lowest BCUT2D eigenvalue weighted by Gasteiger charge is -2.31. The number of para-hydroxylation sites is 1. The van der Waals surface area contributed by atoms with Crippen molar-refractivity contribution in [1.29, 1.82) is 0 Å². The van der Waals surface area contributed by atoms with Crippen molar-refractivity contribution in [2.75, 3.05) is 0 Å². The average molecular weight is 583 g/mol. The van der Waals surface area contributed by atoms with Crippen LogP contribution in [0.3, 0.4) is 0 Å². The maximum Gasteiger partial charge on any atom is 0.135 e. The predicted octanol–water partition coefficient (Wildman–Crippen LogP) is 11.8. The van der Waals surface area contributed by atoms with E-state index in [1.54, 1.807) is 0 Å². The van der Waals surface area contributed by atoms with Crippen LogP contribution in [0.2, 0.25) is 0 Å². The van der Waals surface area contributed by atoms with E-state index in [9.17, 15) is 0 Å². The zero-order chi connectivity index (χ0) is 30.0. The molecule has 212 valence electrons. The van der Waals surface area contributed by atoms with Crippen LogP contribution in [0.15, 0.2) is 158 Å². The summed E-state index contributed by atoms with van der Waals surface area (Å²) in [6.07, 6.45) is 0. The molecule has 1 nitrogen and oxygen atoms in total. The van der Waals surface area contributed by atoms with Crippen molar-refractivity contribution >= 4 is 21.5 Å². The normalized spacial score (nSPS) is 16.1. The van der Waals surface area contributed by atoms with Crippen molar-refractivity contribution in [3.8, 4) is 56.0 Å². The number of rotatable bonds is 1. The minimum atomic E-state index is -0.392. The molecule has 1 aliphatic heterocycles. The van der Waals surface area contributed by atoms with Gasteiger partial charge in [0.1, 0.15) is 11.5 Å². The van der Waals surface area contributed by atoms with Crippen molar-refractivity contribution in [3.05, 3.63) is 180 Å². The fourth-order valence-electron chi connectivity index (χ4n) is 8.84. The molecule has 0 fully saturated rings. The molecular formula is C45H26O. The van der Waals surface area contributed by atoms with E-state index in [-0.39, 0.29) is 0 Å². The largest absolute Gasteiger partial charge is 0.456 e. The van der Waals surface area contributed by atoms with Gasteiger partial charge < -0.3 is 4.74 Å². The minimum Gasteiger partial charge on any atom is -0.456 e. The van der Waals surface area contributed by atoms with Crippen LogP contribution in [0, 0.1) is 0 Å². The molecule has 1 unspecified atom stereocenters. The first-order valence-electron chi connectivity index (χ1n) is 16.0. The Kier molecular flexibility index (Phi) is 4.57. The third-order valence-corrected chi connectivity index (χ3v) is 10.6. The Morgan fingerprint density at radius 2 is 1.07 bits per heavy atom. The van der Waals surface area contributed by atoms with Crippen LogP contribution in [0.1, 0.15) is 22.3 Å². The number of ether oxygens (including phenoxy) is 1. The van der Waals surface area contributed by atoms with E-state index in [4.69, 9.17) is 4.74 Å². The van der Waals surface area contributed by atoms with Crippen LogP contribution in [0.25, 0.3) is 66.1 Å². The standard InChI is InChI=1S/C45H26O/c1-2-12-31-27(10-1)21-23-39-44(31)35-15-4-7-17-38(35)45(39)37-16-6-3-13-32(37)33-22-20-28(26-40(33)45)30-24-29-11-9-19-42-43(29)36(25-30)34-14-5-8-18-41(34)46-42/h1-26H. The second-order valence-electron chi connectivity index (χ2n) is 12.8. The van der Waals surface area contributed by atoms with Gasteiger partial charge in [-0.05, 0) is 108 Å². The summed E-state index contributed by atoms with van der Waals surface area (Å²) < 4.78 is 6.35. The molecule has 8 aromatic rings. The van der Waals surface area contributed by atoms with Crippen LogP contribution in [0.5, 0.6) is 11.5 Å². The molecule has 1 spiro atoms. The van der Waals surface area contributed by atoms with Crippen molar-refractivity contribution in [1.82, 2.24) is 0 Å². The van der Waals surface area contributed by atoms with Crippen LogP contribution in [0.4, 0.5) is 0 Å². The average Bonchev–Trinajstić information content (AvgIpc) is 3.59. The molecule has 1 atom stereocenters. The van der Waals surface area contributed by atoms with E-state index < -0.39 is 5.41 Å². The number of hydrogen-bond donors (Lipinski definition) is 0. The number of benzene rings is 8. The van der Waals surface area contributed by atoms with Crippen LogP contribution in [-0.4, -0.2) is 0 Å². The molecule has 46 heavy (non-hydrogen) atoms. The zero-order valence-corrected chi connectivity index (χ0v) is 24.9. The van der Waals surface area contributed by atoms with Crippen LogP contribution < -0.4 is 4.74 Å². The Balaban J connectivity index is 1.23. The van der Waals surface area contributed by atoms with Crippen molar-refractivity contribution in [2.45, 2.75) is 5.41 Å². The van der Waals surface area contributed by atoms with Gasteiger partial charge in [-0.3, -0.25) is 0 Å². The zero-order valence-electron chi connectivity index (χ0n) is 24.9. The second kappa shape index (κ2) is 8.62. The highest BCUT2D eigenvalue weighted by molar-refractivity contribution is 6.08. The summed E-state index contributed by atoms with van der Waals surface area (Å²) in [4.78, 5) is 0. The Morgan fingerprint density at radius 3 is 1.98 bits per heavy atom. The fourth-order valence-corrected chi connectivity index (χ4v) is 8.84. The number of hydrogen-bond acceptors (Lipinski definition) is 1. The smallest absolute Gasteiger partial charge is 0.135 e. The lowest BCUT2D eigenvalue weighted by atomic mass is 9.70. The summed E-state index contributed by atoms with van der Waals surface area (Å²) in [6, 6.07) is 58.4. The highest BCUT2D eigenvalue weighted by atomic mass is 16.5. The predicted molar refractivity (Wildman–Crippen MR) is 189 cm³/mol. The summed E-state index contributed by atoms with van der Waals surface area (Å²) in [5, 5.41) is 4.97. The minimum absolute atomic E-state index is 0.392. The summed E-state index contributed by atoms with van der Waals surface area (Å²) in [5.41, 5.74) is 15.2. The molecule has 1 heteroatoms. The highest BCUT2D eigenvalue weighted by Gasteiger charge is 2.52. The van der Waals surface area contributed by atoms with Gasteiger partial charge in [0.15, 0.2) is 0 Å². The third-order valence-electron chi connectivity index (χ3n) is 10.6. The van der Waals surface area contributed by atoms with Gasteiger partial charge in [0, 0.05) is 10.9 Å². The second-order valence-corrected chi connectivity index (χ2v) is 12.8. The monoisotopic (exact) mass is 582 g/mol. The third kappa shape index (κ3) is 2.91. The van der Waals surface area contributed by atoms with Gasteiger partial charge in [-0.2, -0.15) is 0 Å². The Labute approximate surface area is 267 Å². The van der Waals surface area contributed by atoms with Gasteiger partial charge in [-0.15, -0.1) is 0 Å². The quantitative estimate of drug-likeness (QED) is 0.187. The van der Waals surface area contributed by atoms with E-state index in [0.717, 1.165) is 17.1 Å². The van der Waals surface area contributed by atoms with Crippen molar-refractivity contribution < 1.29 is 4.74 Å². The van der Waals surface area contributed by atoms with Crippen LogP contribution in [-0.2, 0) is 5.41 Å². The summed E-state index contributed by atoms with van der Waals surface area (Å²) in [7, 11) is 0. The first-order chi connectivity index (χ1) is 22.8. The maximum absolute atomic E-state index is 6.35. The van der Waals surface area contributed by atoms with Gasteiger partial charge in [0.05, 0.1) is 5.41 Å². The first kappa shape index (κ1) is 24.4. The summed E-state index contributed by atoms with van der Waals surface area (Å²) in [5.74, 6) is 1.84. The summed E-state index contributed by atoms with van der Waals surface area (Å²) in [6.45, 7) is 0. The molecule has 0 aromatic heterocycles. The SMILES string of the molecule is c1ccc2c(c1)Oc1cccc3cc(-c4ccc5c(c4)C4(c6ccccc6-5)c5ccccc5-c5c4ccc4ccccc54)cc-2c13. The molecule has 0 N–H and O–H groups in total. The first-order valence-corrected chi connectivity index (χ1v) is 16.0. The molecule has 3 aliphatic rings. The van der Waals surface area contributed by atoms with E-state index in [1.807, 2.05) is 6.07 Å². The van der Waals surface area contributed by atoms with E-state index in [2.05, 4.69) is 152 Å². The molecule has 0 saturated heterocycles. The molecule has 0 radical (unpaired) electrons. The van der Waals surface area contributed by atoms with Crippen molar-refractivity contribution in [3.63, 3.8) is 0 Å². The lowest BCUT2D eigenvalue weighted by molar-refractivity contribution is 0.487. The van der Waals surface area contributed by atoms with Gasteiger partial charge in [0.25, 0.3) is 0 Å². The Hall–Kier alpha value is -5.92. The van der Waals surface area contributed by atoms with E-state index in [0.29, 0.717) is 0 Å². The highest BCUT2D eigenvalue weighted by Crippen LogP contribution is 2.64. The molecule has 8 aromatic carbocycles. The Bertz CT molecular complexity index is 2630. The van der Waals surface area contributed by atoms with Gasteiger partial charge >= 0.3 is 0 Å².